The lowest BCUT2D eigenvalue weighted by molar-refractivity contribution is 0.412. The molecule has 0 N–H and O–H groups in total. The lowest BCUT2D eigenvalue weighted by Crippen LogP contribution is -2.51. The number of methoxy groups -OCH3 is 1. The van der Waals surface area contributed by atoms with Gasteiger partial charge in [-0.25, -0.2) is 0 Å². The molecule has 2 unspecified atom stereocenters. The van der Waals surface area contributed by atoms with Crippen LogP contribution in [0.15, 0.2) is 24.3 Å². The fraction of sp³-hybridized carbons (Fsp3) is 0.500. The Morgan fingerprint density at radius 2 is 1.93 bits per heavy atom. The molecule has 1 aromatic carbocycles. The molecule has 0 aromatic heterocycles. The van der Waals surface area contributed by atoms with E-state index in [9.17, 15) is 0 Å². The summed E-state index contributed by atoms with van der Waals surface area (Å²) in [6.07, 6.45) is 1.41. The van der Waals surface area contributed by atoms with Crippen molar-refractivity contribution in [2.45, 2.75) is 16.9 Å². The van der Waals surface area contributed by atoms with Crippen LogP contribution in [-0.2, 0) is 0 Å². The van der Waals surface area contributed by atoms with Gasteiger partial charge in [0, 0.05) is 23.6 Å². The Morgan fingerprint density at radius 3 is 2.60 bits per heavy atom. The third-order valence-electron chi connectivity index (χ3n) is 3.18. The summed E-state index contributed by atoms with van der Waals surface area (Å²) in [5.74, 6) is 1.00. The van der Waals surface area contributed by atoms with Crippen LogP contribution in [0.4, 0.5) is 5.69 Å². The van der Waals surface area contributed by atoms with Crippen molar-refractivity contribution < 1.29 is 4.74 Å². The zero-order valence-electron chi connectivity index (χ0n) is 8.85. The van der Waals surface area contributed by atoms with E-state index in [0.29, 0.717) is 0 Å². The van der Waals surface area contributed by atoms with Crippen molar-refractivity contribution in [1.82, 2.24) is 0 Å². The monoisotopic (exact) mass is 221 g/mol. The van der Waals surface area contributed by atoms with Gasteiger partial charge < -0.3 is 9.64 Å². The summed E-state index contributed by atoms with van der Waals surface area (Å²) in [4.78, 5) is 2.47. The minimum Gasteiger partial charge on any atom is -0.495 e. The van der Waals surface area contributed by atoms with E-state index in [1.54, 1.807) is 7.11 Å². The first-order valence-corrected chi connectivity index (χ1v) is 6.34. The van der Waals surface area contributed by atoms with Crippen molar-refractivity contribution >= 4 is 17.4 Å². The smallest absolute Gasteiger partial charge is 0.142 e. The third kappa shape index (κ3) is 1.59. The van der Waals surface area contributed by atoms with Gasteiger partial charge in [0.1, 0.15) is 5.75 Å². The van der Waals surface area contributed by atoms with Gasteiger partial charge in [0.05, 0.1) is 12.8 Å². The molecule has 3 aliphatic heterocycles. The highest BCUT2D eigenvalue weighted by Gasteiger charge is 2.38. The molecule has 2 nitrogen and oxygen atoms in total. The molecular formula is C12H15NOS. The number of hydrogen-bond acceptors (Lipinski definition) is 3. The number of thioether (sulfide) groups is 1. The van der Waals surface area contributed by atoms with Crippen molar-refractivity contribution in [1.29, 1.82) is 0 Å². The molecule has 80 valence electrons. The normalized spacial score (nSPS) is 28.5. The summed E-state index contributed by atoms with van der Waals surface area (Å²) >= 11 is 2.14. The Balaban J connectivity index is 1.85. The topological polar surface area (TPSA) is 12.5 Å². The number of para-hydroxylation sites is 2. The molecule has 3 aliphatic rings. The Kier molecular flexibility index (Phi) is 2.28. The molecule has 0 amide bonds. The number of piperidine rings is 1. The molecule has 0 aliphatic carbocycles. The van der Waals surface area contributed by atoms with Gasteiger partial charge in [-0.05, 0) is 18.6 Å². The average molecular weight is 221 g/mol. The number of rotatable bonds is 2. The molecule has 2 atom stereocenters. The van der Waals surface area contributed by atoms with Crippen molar-refractivity contribution in [2.24, 2.45) is 0 Å². The van der Waals surface area contributed by atoms with Gasteiger partial charge in [-0.2, -0.15) is 11.8 Å². The fourth-order valence-corrected chi connectivity index (χ4v) is 3.85. The Bertz CT molecular complexity index is 352. The largest absolute Gasteiger partial charge is 0.495 e. The minimum absolute atomic E-state index is 0.855. The maximum absolute atomic E-state index is 5.40. The summed E-state index contributed by atoms with van der Waals surface area (Å²) in [5, 5.41) is 1.71. The molecular weight excluding hydrogens is 206 g/mol. The van der Waals surface area contributed by atoms with Gasteiger partial charge in [0.25, 0.3) is 0 Å². The lowest BCUT2D eigenvalue weighted by atomic mass is 10.1. The molecule has 3 saturated heterocycles. The predicted octanol–water partition coefficient (Wildman–Crippen LogP) is 2.39. The number of fused-ring (bicyclic) bond motifs is 2. The second kappa shape index (κ2) is 3.63. The van der Waals surface area contributed by atoms with Crippen LogP contribution in [-0.4, -0.2) is 30.7 Å². The van der Waals surface area contributed by atoms with E-state index in [0.717, 1.165) is 16.2 Å². The first kappa shape index (κ1) is 9.40. The van der Waals surface area contributed by atoms with Crippen LogP contribution >= 0.6 is 11.8 Å². The van der Waals surface area contributed by atoms with E-state index in [-0.39, 0.29) is 0 Å². The van der Waals surface area contributed by atoms with Gasteiger partial charge in [0.2, 0.25) is 0 Å². The first-order chi connectivity index (χ1) is 7.36. The Hall–Kier alpha value is -0.830. The number of benzene rings is 1. The first-order valence-electron chi connectivity index (χ1n) is 5.40. The fourth-order valence-electron chi connectivity index (χ4n) is 2.44. The Labute approximate surface area is 94.6 Å². The number of hydrogen-bond donors (Lipinski definition) is 0. The van der Waals surface area contributed by atoms with Crippen molar-refractivity contribution in [2.75, 3.05) is 25.1 Å². The Morgan fingerprint density at radius 1 is 1.27 bits per heavy atom. The van der Waals surface area contributed by atoms with E-state index in [1.807, 2.05) is 12.1 Å². The highest BCUT2D eigenvalue weighted by atomic mass is 32.2. The summed E-state index contributed by atoms with van der Waals surface area (Å²) in [5.41, 5.74) is 1.26. The molecule has 0 spiro atoms. The molecule has 4 rings (SSSR count). The van der Waals surface area contributed by atoms with Crippen LogP contribution in [0.5, 0.6) is 5.75 Å². The summed E-state index contributed by atoms with van der Waals surface area (Å²) in [7, 11) is 1.75. The minimum atomic E-state index is 0.855. The van der Waals surface area contributed by atoms with Crippen LogP contribution in [0.1, 0.15) is 6.42 Å². The molecule has 3 heterocycles. The molecule has 1 aromatic rings. The molecule has 2 bridgehead atoms. The summed E-state index contributed by atoms with van der Waals surface area (Å²) < 4.78 is 5.40. The standard InChI is InChI=1S/C12H15NOS/c1-14-12-5-3-2-4-11(12)13-7-9-6-10(8-13)15-9/h2-5,9-10H,6-8H2,1H3. The number of anilines is 1. The SMILES string of the molecule is COc1ccccc1N1CC2CC(C1)S2. The van der Waals surface area contributed by atoms with Crippen molar-refractivity contribution in [3.63, 3.8) is 0 Å². The molecule has 15 heavy (non-hydrogen) atoms. The predicted molar refractivity (Wildman–Crippen MR) is 65.0 cm³/mol. The van der Waals surface area contributed by atoms with E-state index >= 15 is 0 Å². The summed E-state index contributed by atoms with van der Waals surface area (Å²) in [6.45, 7) is 2.36. The second-order valence-electron chi connectivity index (χ2n) is 4.19. The average Bonchev–Trinajstić information content (AvgIpc) is 2.28. The van der Waals surface area contributed by atoms with Gasteiger partial charge in [-0.3, -0.25) is 0 Å². The third-order valence-corrected chi connectivity index (χ3v) is 4.64. The zero-order valence-corrected chi connectivity index (χ0v) is 9.67. The van der Waals surface area contributed by atoms with Gasteiger partial charge in [-0.1, -0.05) is 12.1 Å². The maximum atomic E-state index is 5.40. The quantitative estimate of drug-likeness (QED) is 0.761. The highest BCUT2D eigenvalue weighted by molar-refractivity contribution is 8.02. The molecule has 0 saturated carbocycles. The second-order valence-corrected chi connectivity index (χ2v) is 5.80. The van der Waals surface area contributed by atoms with Crippen LogP contribution in [0.2, 0.25) is 0 Å². The van der Waals surface area contributed by atoms with E-state index in [4.69, 9.17) is 4.74 Å². The van der Waals surface area contributed by atoms with E-state index in [1.165, 1.54) is 25.2 Å². The number of nitrogens with zero attached hydrogens (tertiary/aromatic N) is 1. The van der Waals surface area contributed by atoms with Crippen molar-refractivity contribution in [3.05, 3.63) is 24.3 Å². The maximum Gasteiger partial charge on any atom is 0.142 e. The molecule has 3 heteroatoms. The van der Waals surface area contributed by atoms with Gasteiger partial charge >= 0.3 is 0 Å². The van der Waals surface area contributed by atoms with Crippen LogP contribution < -0.4 is 9.64 Å². The highest BCUT2D eigenvalue weighted by Crippen LogP contribution is 2.44. The molecule has 3 fully saturated rings. The van der Waals surface area contributed by atoms with Crippen LogP contribution in [0, 0.1) is 0 Å². The number of ether oxygens (including phenoxy) is 1. The van der Waals surface area contributed by atoms with Gasteiger partial charge in [0.15, 0.2) is 0 Å². The van der Waals surface area contributed by atoms with E-state index < -0.39 is 0 Å². The van der Waals surface area contributed by atoms with Crippen molar-refractivity contribution in [3.8, 4) is 5.75 Å². The van der Waals surface area contributed by atoms with Crippen LogP contribution in [0.3, 0.4) is 0 Å². The summed E-state index contributed by atoms with van der Waals surface area (Å²) in [6, 6.07) is 8.32. The van der Waals surface area contributed by atoms with Crippen LogP contribution in [0.25, 0.3) is 0 Å². The van der Waals surface area contributed by atoms with E-state index in [2.05, 4.69) is 28.8 Å². The lowest BCUT2D eigenvalue weighted by Gasteiger charge is -2.47. The van der Waals surface area contributed by atoms with Gasteiger partial charge in [-0.15, -0.1) is 0 Å². The zero-order chi connectivity index (χ0) is 10.3. The molecule has 0 radical (unpaired) electrons.